The molecular formula is C30H40N2O4. The van der Waals surface area contributed by atoms with Gasteiger partial charge in [0.25, 0.3) is 0 Å². The van der Waals surface area contributed by atoms with Gasteiger partial charge in [-0.2, -0.15) is 0 Å². The number of aryl methyl sites for hydroxylation is 1. The molecule has 0 fully saturated rings. The molecule has 0 bridgehead atoms. The van der Waals surface area contributed by atoms with E-state index in [1.807, 2.05) is 38.1 Å². The lowest BCUT2D eigenvalue weighted by Crippen LogP contribution is -2.32. The smallest absolute Gasteiger partial charge is 0.244 e. The van der Waals surface area contributed by atoms with Crippen LogP contribution in [0.3, 0.4) is 0 Å². The van der Waals surface area contributed by atoms with Crippen molar-refractivity contribution in [2.45, 2.75) is 53.5 Å². The first kappa shape index (κ1) is 27.3. The Morgan fingerprint density at radius 2 is 1.83 bits per heavy atom. The highest BCUT2D eigenvalue weighted by atomic mass is 16.5. The van der Waals surface area contributed by atoms with Crippen molar-refractivity contribution in [3.8, 4) is 22.6 Å². The van der Waals surface area contributed by atoms with Crippen molar-refractivity contribution in [1.82, 2.24) is 10.2 Å². The molecule has 0 aliphatic rings. The zero-order valence-corrected chi connectivity index (χ0v) is 22.7. The lowest BCUT2D eigenvalue weighted by molar-refractivity contribution is -0.117. The number of furan rings is 1. The van der Waals surface area contributed by atoms with Crippen LogP contribution in [0, 0.1) is 6.92 Å². The number of nitrogens with zero attached hydrogens (tertiary/aromatic N) is 1. The van der Waals surface area contributed by atoms with Crippen LogP contribution in [0.1, 0.15) is 51.7 Å². The number of fused-ring (bicyclic) bond motifs is 1. The summed E-state index contributed by atoms with van der Waals surface area (Å²) in [6.45, 7) is 13.5. The molecule has 6 heteroatoms. The van der Waals surface area contributed by atoms with Gasteiger partial charge in [-0.3, -0.25) is 4.79 Å². The molecule has 2 aromatic carbocycles. The summed E-state index contributed by atoms with van der Waals surface area (Å²) in [5, 5.41) is 4.10. The van der Waals surface area contributed by atoms with Crippen molar-refractivity contribution in [1.29, 1.82) is 0 Å². The molecule has 1 amide bonds. The van der Waals surface area contributed by atoms with Crippen molar-refractivity contribution < 1.29 is 18.7 Å². The highest BCUT2D eigenvalue weighted by Crippen LogP contribution is 2.40. The lowest BCUT2D eigenvalue weighted by atomic mass is 9.96. The fourth-order valence-corrected chi connectivity index (χ4v) is 4.66. The van der Waals surface area contributed by atoms with E-state index in [-0.39, 0.29) is 11.9 Å². The summed E-state index contributed by atoms with van der Waals surface area (Å²) < 4.78 is 17.0. The lowest BCUT2D eigenvalue weighted by Gasteiger charge is -2.19. The van der Waals surface area contributed by atoms with Crippen LogP contribution in [0.5, 0.6) is 11.5 Å². The minimum atomic E-state index is -0.0924. The largest absolute Gasteiger partial charge is 0.497 e. The molecule has 194 valence electrons. The van der Waals surface area contributed by atoms with Crippen LogP contribution < -0.4 is 14.8 Å². The summed E-state index contributed by atoms with van der Waals surface area (Å²) in [4.78, 5) is 15.2. The molecule has 3 aromatic rings. The maximum atomic E-state index is 12.8. The van der Waals surface area contributed by atoms with Crippen LogP contribution in [-0.2, 0) is 4.79 Å². The fourth-order valence-electron chi connectivity index (χ4n) is 4.66. The standard InChI is InChI=1S/C30H40N2O4/c1-8-32(9-2)16-10-11-21(4)31-28(33)17-20(3)25-18-26-27(23-12-14-24(34-6)15-13-23)19-36-30(26)22(5)29(25)35-7/h12-15,17-19,21H,8-11,16H2,1-7H3,(H,31,33)/b20-17+. The topological polar surface area (TPSA) is 63.9 Å². The van der Waals surface area contributed by atoms with Gasteiger partial charge in [-0.15, -0.1) is 0 Å². The molecule has 1 N–H and O–H groups in total. The van der Waals surface area contributed by atoms with E-state index in [1.165, 1.54) is 0 Å². The normalized spacial score (nSPS) is 12.7. The van der Waals surface area contributed by atoms with Gasteiger partial charge in [0.05, 0.1) is 20.5 Å². The number of carbonyl (C=O) groups excluding carboxylic acids is 1. The number of nitrogens with one attached hydrogen (secondary N) is 1. The molecule has 0 aliphatic heterocycles. The number of hydrogen-bond acceptors (Lipinski definition) is 5. The van der Waals surface area contributed by atoms with Crippen molar-refractivity contribution in [3.05, 3.63) is 53.8 Å². The molecule has 0 aliphatic carbocycles. The predicted octanol–water partition coefficient (Wildman–Crippen LogP) is 6.46. The van der Waals surface area contributed by atoms with E-state index in [0.717, 1.165) is 77.0 Å². The van der Waals surface area contributed by atoms with E-state index < -0.39 is 0 Å². The van der Waals surface area contributed by atoms with E-state index >= 15 is 0 Å². The molecule has 0 saturated heterocycles. The number of rotatable bonds is 12. The highest BCUT2D eigenvalue weighted by Gasteiger charge is 2.19. The molecule has 1 atom stereocenters. The number of allylic oxidation sites excluding steroid dienone is 1. The molecule has 0 spiro atoms. The Balaban J connectivity index is 1.84. The van der Waals surface area contributed by atoms with Crippen LogP contribution in [0.2, 0.25) is 0 Å². The molecule has 1 aromatic heterocycles. The quantitative estimate of drug-likeness (QED) is 0.294. The Hall–Kier alpha value is -3.25. The fraction of sp³-hybridized carbons (Fsp3) is 0.433. The SMILES string of the molecule is CCN(CC)CCCC(C)NC(=O)/C=C(\C)c1cc2c(-c3ccc(OC)cc3)coc2c(C)c1OC. The van der Waals surface area contributed by atoms with Crippen LogP contribution >= 0.6 is 0 Å². The third-order valence-corrected chi connectivity index (χ3v) is 6.82. The van der Waals surface area contributed by atoms with Crippen LogP contribution in [0.15, 0.2) is 47.1 Å². The van der Waals surface area contributed by atoms with Crippen LogP contribution in [0.4, 0.5) is 0 Å². The zero-order valence-electron chi connectivity index (χ0n) is 22.7. The molecule has 1 heterocycles. The number of benzene rings is 2. The number of ether oxygens (including phenoxy) is 2. The van der Waals surface area contributed by atoms with Gasteiger partial charge in [-0.05, 0) is 82.6 Å². The second kappa shape index (κ2) is 12.6. The van der Waals surface area contributed by atoms with E-state index in [4.69, 9.17) is 13.9 Å². The van der Waals surface area contributed by atoms with Crippen molar-refractivity contribution in [2.75, 3.05) is 33.9 Å². The highest BCUT2D eigenvalue weighted by molar-refractivity contribution is 6.01. The maximum absolute atomic E-state index is 12.8. The van der Waals surface area contributed by atoms with Crippen molar-refractivity contribution in [3.63, 3.8) is 0 Å². The summed E-state index contributed by atoms with van der Waals surface area (Å²) in [5.41, 5.74) is 5.42. The monoisotopic (exact) mass is 492 g/mol. The number of carbonyl (C=O) groups is 1. The summed E-state index contributed by atoms with van der Waals surface area (Å²) in [6, 6.07) is 10.1. The van der Waals surface area contributed by atoms with E-state index in [9.17, 15) is 4.79 Å². The first-order valence-electron chi connectivity index (χ1n) is 12.8. The van der Waals surface area contributed by atoms with Gasteiger partial charge in [0, 0.05) is 34.2 Å². The molecule has 36 heavy (non-hydrogen) atoms. The average Bonchev–Trinajstić information content (AvgIpc) is 3.30. The average molecular weight is 493 g/mol. The second-order valence-electron chi connectivity index (χ2n) is 9.24. The van der Waals surface area contributed by atoms with Crippen LogP contribution in [0.25, 0.3) is 27.7 Å². The number of methoxy groups -OCH3 is 2. The molecule has 0 saturated carbocycles. The minimum absolute atomic E-state index is 0.0924. The van der Waals surface area contributed by atoms with Crippen molar-refractivity contribution >= 4 is 22.4 Å². The third-order valence-electron chi connectivity index (χ3n) is 6.82. The summed E-state index contributed by atoms with van der Waals surface area (Å²) in [5.74, 6) is 1.43. The summed E-state index contributed by atoms with van der Waals surface area (Å²) in [7, 11) is 3.30. The van der Waals surface area contributed by atoms with Gasteiger partial charge >= 0.3 is 0 Å². The molecule has 6 nitrogen and oxygen atoms in total. The van der Waals surface area contributed by atoms with E-state index in [2.05, 4.69) is 37.1 Å². The third kappa shape index (κ3) is 6.30. The van der Waals surface area contributed by atoms with Gasteiger partial charge in [0.1, 0.15) is 17.1 Å². The first-order chi connectivity index (χ1) is 17.3. The van der Waals surface area contributed by atoms with Gasteiger partial charge in [0.2, 0.25) is 5.91 Å². The van der Waals surface area contributed by atoms with Gasteiger partial charge in [0.15, 0.2) is 0 Å². The zero-order chi connectivity index (χ0) is 26.2. The summed E-state index contributed by atoms with van der Waals surface area (Å²) in [6.07, 6.45) is 5.44. The van der Waals surface area contributed by atoms with Crippen molar-refractivity contribution in [2.24, 2.45) is 0 Å². The summed E-state index contributed by atoms with van der Waals surface area (Å²) >= 11 is 0. The Bertz CT molecular complexity index is 1190. The molecule has 1 unspecified atom stereocenters. The Morgan fingerprint density at radius 3 is 2.44 bits per heavy atom. The Labute approximate surface area is 215 Å². The van der Waals surface area contributed by atoms with E-state index in [0.29, 0.717) is 5.75 Å². The van der Waals surface area contributed by atoms with Crippen LogP contribution in [-0.4, -0.2) is 50.7 Å². The van der Waals surface area contributed by atoms with Gasteiger partial charge in [-0.1, -0.05) is 26.0 Å². The maximum Gasteiger partial charge on any atom is 0.244 e. The van der Waals surface area contributed by atoms with E-state index in [1.54, 1.807) is 26.6 Å². The predicted molar refractivity (Wildman–Crippen MR) is 148 cm³/mol. The number of hydrogen-bond donors (Lipinski definition) is 1. The first-order valence-corrected chi connectivity index (χ1v) is 12.8. The van der Waals surface area contributed by atoms with Gasteiger partial charge in [-0.25, -0.2) is 0 Å². The second-order valence-corrected chi connectivity index (χ2v) is 9.24. The number of amides is 1. The molecule has 3 rings (SSSR count). The molecule has 0 radical (unpaired) electrons. The molecular weight excluding hydrogens is 452 g/mol. The minimum Gasteiger partial charge on any atom is -0.497 e. The Kier molecular flexibility index (Phi) is 9.59. The van der Waals surface area contributed by atoms with Gasteiger partial charge < -0.3 is 24.1 Å². The Morgan fingerprint density at radius 1 is 1.14 bits per heavy atom.